The molecule has 1 atom stereocenters. The van der Waals surface area contributed by atoms with Gasteiger partial charge in [-0.1, -0.05) is 12.5 Å². The first kappa shape index (κ1) is 20.7. The molecule has 0 aliphatic carbocycles. The number of nitrogens with zero attached hydrogens (tertiary/aromatic N) is 5. The van der Waals surface area contributed by atoms with E-state index in [9.17, 15) is 9.59 Å². The van der Waals surface area contributed by atoms with Gasteiger partial charge in [0.2, 0.25) is 0 Å². The molecule has 0 spiro atoms. The van der Waals surface area contributed by atoms with Crippen LogP contribution in [0.25, 0.3) is 5.52 Å². The fourth-order valence-corrected chi connectivity index (χ4v) is 4.58. The third-order valence-electron chi connectivity index (χ3n) is 6.13. The lowest BCUT2D eigenvalue weighted by atomic mass is 10.1. The first-order chi connectivity index (χ1) is 14.6. The number of urea groups is 1. The van der Waals surface area contributed by atoms with Crippen molar-refractivity contribution in [3.8, 4) is 0 Å². The van der Waals surface area contributed by atoms with Crippen LogP contribution in [-0.4, -0.2) is 82.8 Å². The number of imidazole rings is 1. The number of fused-ring (bicyclic) bond motifs is 1. The lowest BCUT2D eigenvalue weighted by Crippen LogP contribution is -2.39. The van der Waals surface area contributed by atoms with Crippen LogP contribution in [0.3, 0.4) is 0 Å². The minimum Gasteiger partial charge on any atom is -0.349 e. The summed E-state index contributed by atoms with van der Waals surface area (Å²) in [5.41, 5.74) is 1.22. The molecule has 2 fully saturated rings. The van der Waals surface area contributed by atoms with Crippen LogP contribution in [0.2, 0.25) is 0 Å². The molecule has 0 unspecified atom stereocenters. The lowest BCUT2D eigenvalue weighted by Gasteiger charge is -2.27. The molecule has 2 aliphatic rings. The van der Waals surface area contributed by atoms with Crippen molar-refractivity contribution in [2.75, 3.05) is 46.8 Å². The Morgan fingerprint density at radius 3 is 2.70 bits per heavy atom. The maximum atomic E-state index is 13.0. The van der Waals surface area contributed by atoms with E-state index in [2.05, 4.69) is 10.2 Å². The van der Waals surface area contributed by atoms with E-state index in [1.807, 2.05) is 33.7 Å². The minimum atomic E-state index is -0.148. The molecule has 3 amide bonds. The Balaban J connectivity index is 1.53. The number of likely N-dealkylation sites (tertiary alicyclic amines) is 2. The predicted molar refractivity (Wildman–Crippen MR) is 116 cm³/mol. The fourth-order valence-electron chi connectivity index (χ4n) is 4.58. The van der Waals surface area contributed by atoms with Crippen molar-refractivity contribution in [1.29, 1.82) is 0 Å². The van der Waals surface area contributed by atoms with Crippen molar-refractivity contribution >= 4 is 17.5 Å². The molecule has 4 rings (SSSR count). The third kappa shape index (κ3) is 4.14. The average Bonchev–Trinajstić information content (AvgIpc) is 3.38. The highest BCUT2D eigenvalue weighted by Crippen LogP contribution is 2.33. The van der Waals surface area contributed by atoms with E-state index in [4.69, 9.17) is 4.98 Å². The van der Waals surface area contributed by atoms with Gasteiger partial charge in [-0.15, -0.1) is 0 Å². The molecule has 0 aromatic carbocycles. The number of pyridine rings is 1. The van der Waals surface area contributed by atoms with Gasteiger partial charge in [-0.05, 0) is 50.9 Å². The number of hydrogen-bond acceptors (Lipinski definition) is 4. The minimum absolute atomic E-state index is 0.0160. The van der Waals surface area contributed by atoms with Crippen molar-refractivity contribution in [1.82, 2.24) is 29.4 Å². The molecular formula is C22H32N6O2. The average molecular weight is 413 g/mol. The van der Waals surface area contributed by atoms with E-state index in [1.165, 1.54) is 19.3 Å². The first-order valence-electron chi connectivity index (χ1n) is 11.0. The summed E-state index contributed by atoms with van der Waals surface area (Å²) in [5, 5.41) is 3.05. The molecule has 0 saturated carbocycles. The number of hydrogen-bond donors (Lipinski definition) is 1. The molecule has 2 saturated heterocycles. The van der Waals surface area contributed by atoms with Crippen molar-refractivity contribution in [2.24, 2.45) is 0 Å². The Hall–Kier alpha value is -2.61. The summed E-state index contributed by atoms with van der Waals surface area (Å²) < 4.78 is 1.96. The molecule has 162 valence electrons. The Labute approximate surface area is 177 Å². The molecule has 8 heteroatoms. The van der Waals surface area contributed by atoms with Crippen LogP contribution in [0.5, 0.6) is 0 Å². The van der Waals surface area contributed by atoms with Gasteiger partial charge in [0.05, 0.1) is 11.6 Å². The third-order valence-corrected chi connectivity index (χ3v) is 6.13. The van der Waals surface area contributed by atoms with Gasteiger partial charge in [0, 0.05) is 39.9 Å². The maximum Gasteiger partial charge on any atom is 0.320 e. The molecular weight excluding hydrogens is 380 g/mol. The molecule has 4 heterocycles. The van der Waals surface area contributed by atoms with E-state index < -0.39 is 0 Å². The van der Waals surface area contributed by atoms with Crippen LogP contribution in [-0.2, 0) is 0 Å². The molecule has 0 bridgehead atoms. The Bertz CT molecular complexity index is 902. The van der Waals surface area contributed by atoms with Crippen molar-refractivity contribution in [3.05, 3.63) is 35.9 Å². The van der Waals surface area contributed by atoms with Gasteiger partial charge in [-0.25, -0.2) is 9.78 Å². The largest absolute Gasteiger partial charge is 0.349 e. The summed E-state index contributed by atoms with van der Waals surface area (Å²) in [6.07, 6.45) is 7.51. The van der Waals surface area contributed by atoms with Gasteiger partial charge in [-0.2, -0.15) is 0 Å². The Morgan fingerprint density at radius 2 is 1.93 bits per heavy atom. The van der Waals surface area contributed by atoms with Gasteiger partial charge in [0.1, 0.15) is 5.82 Å². The highest BCUT2D eigenvalue weighted by atomic mass is 16.2. The fraction of sp³-hybridized carbons (Fsp3) is 0.591. The second-order valence-electron chi connectivity index (χ2n) is 8.46. The number of nitrogens with one attached hydrogen (secondary N) is 1. The van der Waals surface area contributed by atoms with E-state index in [-0.39, 0.29) is 18.0 Å². The summed E-state index contributed by atoms with van der Waals surface area (Å²) >= 11 is 0. The zero-order valence-electron chi connectivity index (χ0n) is 18.0. The zero-order chi connectivity index (χ0) is 21.1. The normalized spacial score (nSPS) is 19.9. The summed E-state index contributed by atoms with van der Waals surface area (Å²) in [6, 6.07) is 5.64. The number of rotatable bonds is 5. The smallest absolute Gasteiger partial charge is 0.320 e. The molecule has 0 radical (unpaired) electrons. The van der Waals surface area contributed by atoms with Crippen molar-refractivity contribution in [2.45, 2.75) is 38.1 Å². The second kappa shape index (κ2) is 9.04. The number of amides is 3. The monoisotopic (exact) mass is 412 g/mol. The number of piperidine rings is 1. The second-order valence-corrected chi connectivity index (χ2v) is 8.46. The topological polar surface area (TPSA) is 73.2 Å². The summed E-state index contributed by atoms with van der Waals surface area (Å²) in [7, 11) is 3.53. The quantitative estimate of drug-likeness (QED) is 0.818. The van der Waals surface area contributed by atoms with Gasteiger partial charge < -0.3 is 24.4 Å². The van der Waals surface area contributed by atoms with Gasteiger partial charge in [0.15, 0.2) is 5.69 Å². The summed E-state index contributed by atoms with van der Waals surface area (Å²) in [6.45, 7) is 4.43. The summed E-state index contributed by atoms with van der Waals surface area (Å²) in [5.74, 6) is 0.616. The van der Waals surface area contributed by atoms with Gasteiger partial charge in [-0.3, -0.25) is 4.79 Å². The van der Waals surface area contributed by atoms with E-state index in [0.29, 0.717) is 18.8 Å². The van der Waals surface area contributed by atoms with Crippen LogP contribution in [0.15, 0.2) is 24.4 Å². The SMILES string of the molecule is CN(C)C(=O)N1CCC[C@H]1c1nc(C(=O)NCCN2CCCCC2)c2ccccn12. The summed E-state index contributed by atoms with van der Waals surface area (Å²) in [4.78, 5) is 36.2. The highest BCUT2D eigenvalue weighted by molar-refractivity contribution is 5.99. The van der Waals surface area contributed by atoms with Gasteiger partial charge >= 0.3 is 6.03 Å². The van der Waals surface area contributed by atoms with E-state index in [1.54, 1.807) is 19.0 Å². The molecule has 1 N–H and O–H groups in total. The highest BCUT2D eigenvalue weighted by Gasteiger charge is 2.34. The molecule has 2 aromatic heterocycles. The van der Waals surface area contributed by atoms with Crippen molar-refractivity contribution < 1.29 is 9.59 Å². The van der Waals surface area contributed by atoms with Crippen LogP contribution < -0.4 is 5.32 Å². The van der Waals surface area contributed by atoms with Crippen LogP contribution in [0, 0.1) is 0 Å². The van der Waals surface area contributed by atoms with E-state index in [0.717, 1.165) is 43.8 Å². The standard InChI is InChI=1S/C22H32N6O2/c1-25(2)22(30)28-15-8-10-18(28)20-24-19(17-9-4-7-14-27(17)20)21(29)23-11-16-26-12-5-3-6-13-26/h4,7,9,14,18H,3,5-6,8,10-13,15-16H2,1-2H3,(H,23,29)/t18-/m0/s1. The lowest BCUT2D eigenvalue weighted by molar-refractivity contribution is 0.0943. The van der Waals surface area contributed by atoms with Crippen LogP contribution in [0.1, 0.15) is 54.5 Å². The number of carbonyl (C=O) groups excluding carboxylic acids is 2. The van der Waals surface area contributed by atoms with E-state index >= 15 is 0 Å². The molecule has 2 aliphatic heterocycles. The first-order valence-corrected chi connectivity index (χ1v) is 11.0. The van der Waals surface area contributed by atoms with Gasteiger partial charge in [0.25, 0.3) is 5.91 Å². The number of aromatic nitrogens is 2. The van der Waals surface area contributed by atoms with Crippen molar-refractivity contribution in [3.63, 3.8) is 0 Å². The number of carbonyl (C=O) groups is 2. The zero-order valence-corrected chi connectivity index (χ0v) is 18.0. The molecule has 2 aromatic rings. The maximum absolute atomic E-state index is 13.0. The van der Waals surface area contributed by atoms with Crippen LogP contribution in [0.4, 0.5) is 4.79 Å². The van der Waals surface area contributed by atoms with Crippen LogP contribution >= 0.6 is 0 Å². The molecule has 30 heavy (non-hydrogen) atoms. The predicted octanol–water partition coefficient (Wildman–Crippen LogP) is 2.37. The molecule has 8 nitrogen and oxygen atoms in total. The Kier molecular flexibility index (Phi) is 6.22. The Morgan fingerprint density at radius 1 is 1.13 bits per heavy atom.